The average molecular weight is 425 g/mol. The summed E-state index contributed by atoms with van der Waals surface area (Å²) in [5.74, 6) is -2.37. The van der Waals surface area contributed by atoms with Gasteiger partial charge in [-0.3, -0.25) is 19.7 Å². The number of hydrogen-bond acceptors (Lipinski definition) is 6. The first-order chi connectivity index (χ1) is 14.3. The van der Waals surface area contributed by atoms with Crippen LogP contribution in [0.5, 0.6) is 0 Å². The molecule has 1 N–H and O–H groups in total. The monoisotopic (exact) mass is 424 g/mol. The Kier molecular flexibility index (Phi) is 4.91. The molecule has 0 saturated heterocycles. The van der Waals surface area contributed by atoms with Gasteiger partial charge in [-0.25, -0.2) is 0 Å². The van der Waals surface area contributed by atoms with E-state index in [1.807, 2.05) is 0 Å². The Morgan fingerprint density at radius 1 is 1.03 bits per heavy atom. The predicted octanol–water partition coefficient (Wildman–Crippen LogP) is 4.23. The molecular weight excluding hydrogens is 408 g/mol. The minimum atomic E-state index is -1.09. The number of ether oxygens (including phenoxy) is 1. The van der Waals surface area contributed by atoms with Crippen LogP contribution in [-0.2, 0) is 4.74 Å². The second kappa shape index (κ2) is 7.42. The van der Waals surface area contributed by atoms with E-state index in [2.05, 4.69) is 5.32 Å². The predicted molar refractivity (Wildman–Crippen MR) is 110 cm³/mol. The topological polar surface area (TPSA) is 98.5 Å². The Bertz CT molecular complexity index is 1150. The highest BCUT2D eigenvalue weighted by Gasteiger charge is 2.48. The quantitative estimate of drug-likeness (QED) is 0.582. The van der Waals surface area contributed by atoms with Gasteiger partial charge in [0, 0.05) is 22.2 Å². The molecule has 2 aromatic rings. The Labute approximate surface area is 177 Å². The zero-order valence-corrected chi connectivity index (χ0v) is 16.9. The van der Waals surface area contributed by atoms with Crippen molar-refractivity contribution >= 4 is 23.2 Å². The molecule has 1 aliphatic heterocycles. The van der Waals surface area contributed by atoms with Crippen molar-refractivity contribution in [2.24, 2.45) is 0 Å². The van der Waals surface area contributed by atoms with Gasteiger partial charge < -0.3 is 10.1 Å². The van der Waals surface area contributed by atoms with Crippen LogP contribution in [0.4, 0.5) is 0 Å². The van der Waals surface area contributed by atoms with Crippen LogP contribution in [0.2, 0.25) is 5.02 Å². The van der Waals surface area contributed by atoms with Crippen molar-refractivity contribution in [3.05, 3.63) is 103 Å². The number of rotatable bonds is 4. The summed E-state index contributed by atoms with van der Waals surface area (Å²) in [7, 11) is 0. The Balaban J connectivity index is 1.99. The number of nitrogens with one attached hydrogen (secondary N) is 1. The van der Waals surface area contributed by atoms with Gasteiger partial charge in [-0.2, -0.15) is 0 Å². The van der Waals surface area contributed by atoms with Crippen LogP contribution in [0, 0.1) is 10.1 Å². The number of halogens is 1. The Hall–Kier alpha value is -3.45. The van der Waals surface area contributed by atoms with Crippen LogP contribution >= 0.6 is 11.6 Å². The highest BCUT2D eigenvalue weighted by molar-refractivity contribution is 6.30. The number of hydrogen-bond donors (Lipinski definition) is 1. The molecule has 1 heterocycles. The van der Waals surface area contributed by atoms with Gasteiger partial charge in [-0.05, 0) is 31.5 Å². The molecule has 0 bridgehead atoms. The van der Waals surface area contributed by atoms with Crippen molar-refractivity contribution in [3.8, 4) is 0 Å². The number of fused-ring (bicyclic) bond motifs is 1. The van der Waals surface area contributed by atoms with Crippen molar-refractivity contribution in [2.75, 3.05) is 0 Å². The number of nitro groups is 1. The van der Waals surface area contributed by atoms with Crippen LogP contribution in [-0.4, -0.2) is 22.5 Å². The lowest BCUT2D eigenvalue weighted by molar-refractivity contribution is -0.433. The van der Waals surface area contributed by atoms with E-state index in [1.54, 1.807) is 56.3 Å². The maximum absolute atomic E-state index is 13.4. The zero-order valence-electron chi connectivity index (χ0n) is 16.1. The largest absolute Gasteiger partial charge is 0.431 e. The van der Waals surface area contributed by atoms with Gasteiger partial charge in [0.2, 0.25) is 5.78 Å². The fraction of sp³-hybridized carbons (Fsp3) is 0.182. The molecule has 2 aliphatic rings. The Morgan fingerprint density at radius 2 is 1.63 bits per heavy atom. The Morgan fingerprint density at radius 3 is 2.20 bits per heavy atom. The molecule has 1 atom stereocenters. The van der Waals surface area contributed by atoms with Gasteiger partial charge in [0.05, 0.1) is 10.5 Å². The fourth-order valence-corrected chi connectivity index (χ4v) is 3.82. The molecule has 0 amide bonds. The number of carbonyl (C=O) groups excluding carboxylic acids is 2. The van der Waals surface area contributed by atoms with Crippen LogP contribution in [0.1, 0.15) is 46.0 Å². The van der Waals surface area contributed by atoms with E-state index in [4.69, 9.17) is 16.3 Å². The SMILES string of the molecule is CC(C)NC1=C([N+](=O)[O-])C(c2ccc(Cl)cc2)C2=C(O1)C(=O)c1ccccc1C2=O. The number of nitrogens with zero attached hydrogens (tertiary/aromatic N) is 1. The van der Waals surface area contributed by atoms with Gasteiger partial charge in [0.25, 0.3) is 5.88 Å². The maximum Gasteiger partial charge on any atom is 0.317 e. The standard InChI is InChI=1S/C22H17ClN2O5/c1-11(2)24-22-18(25(28)29)16(12-7-9-13(23)10-8-12)17-19(26)14-5-3-4-6-15(14)20(27)21(17)30-22/h3-11,16,24H,1-2H3. The summed E-state index contributed by atoms with van der Waals surface area (Å²) in [5, 5.41) is 15.4. The van der Waals surface area contributed by atoms with Crippen LogP contribution in [0.25, 0.3) is 0 Å². The van der Waals surface area contributed by atoms with Crippen molar-refractivity contribution < 1.29 is 19.2 Å². The number of allylic oxidation sites excluding steroid dienone is 2. The van der Waals surface area contributed by atoms with E-state index in [1.165, 1.54) is 6.07 Å². The molecular formula is C22H17ClN2O5. The van der Waals surface area contributed by atoms with E-state index in [9.17, 15) is 19.7 Å². The van der Waals surface area contributed by atoms with Crippen LogP contribution in [0.3, 0.4) is 0 Å². The van der Waals surface area contributed by atoms with E-state index >= 15 is 0 Å². The summed E-state index contributed by atoms with van der Waals surface area (Å²) in [6.07, 6.45) is 0. The molecule has 8 heteroatoms. The van der Waals surface area contributed by atoms with Crippen LogP contribution in [0.15, 0.2) is 71.4 Å². The molecule has 0 radical (unpaired) electrons. The number of benzene rings is 2. The van der Waals surface area contributed by atoms with Crippen molar-refractivity contribution in [1.82, 2.24) is 5.32 Å². The minimum Gasteiger partial charge on any atom is -0.431 e. The molecule has 2 aromatic carbocycles. The third-order valence-electron chi connectivity index (χ3n) is 4.93. The first-order valence-electron chi connectivity index (χ1n) is 9.30. The molecule has 0 spiro atoms. The molecule has 7 nitrogen and oxygen atoms in total. The summed E-state index contributed by atoms with van der Waals surface area (Å²) in [6.45, 7) is 3.58. The van der Waals surface area contributed by atoms with E-state index in [0.717, 1.165) is 0 Å². The number of carbonyl (C=O) groups is 2. The smallest absolute Gasteiger partial charge is 0.317 e. The fourth-order valence-electron chi connectivity index (χ4n) is 3.69. The first-order valence-corrected chi connectivity index (χ1v) is 9.68. The number of Topliss-reactive ketones (excluding diaryl/α,β-unsaturated/α-hetero) is 2. The zero-order chi connectivity index (χ0) is 21.6. The highest BCUT2D eigenvalue weighted by atomic mass is 35.5. The maximum atomic E-state index is 13.4. The van der Waals surface area contributed by atoms with Gasteiger partial charge >= 0.3 is 5.70 Å². The summed E-state index contributed by atoms with van der Waals surface area (Å²) in [4.78, 5) is 38.0. The second-order valence-electron chi connectivity index (χ2n) is 7.30. The van der Waals surface area contributed by atoms with E-state index in [-0.39, 0.29) is 40.1 Å². The lowest BCUT2D eigenvalue weighted by atomic mass is 9.77. The van der Waals surface area contributed by atoms with Gasteiger partial charge in [0.1, 0.15) is 5.92 Å². The highest BCUT2D eigenvalue weighted by Crippen LogP contribution is 2.45. The second-order valence-corrected chi connectivity index (χ2v) is 7.74. The third-order valence-corrected chi connectivity index (χ3v) is 5.18. The molecule has 4 rings (SSSR count). The summed E-state index contributed by atoms with van der Waals surface area (Å²) in [6, 6.07) is 12.6. The van der Waals surface area contributed by atoms with Crippen molar-refractivity contribution in [3.63, 3.8) is 0 Å². The van der Waals surface area contributed by atoms with Gasteiger partial charge in [-0.1, -0.05) is 48.0 Å². The molecule has 152 valence electrons. The van der Waals surface area contributed by atoms with Crippen LogP contribution < -0.4 is 5.32 Å². The molecule has 1 unspecified atom stereocenters. The molecule has 0 saturated carbocycles. The number of ketones is 2. The minimum absolute atomic E-state index is 0.0398. The van der Waals surface area contributed by atoms with Crippen molar-refractivity contribution in [2.45, 2.75) is 25.8 Å². The van der Waals surface area contributed by atoms with E-state index < -0.39 is 22.4 Å². The third kappa shape index (κ3) is 3.17. The van der Waals surface area contributed by atoms with Crippen molar-refractivity contribution in [1.29, 1.82) is 0 Å². The molecule has 30 heavy (non-hydrogen) atoms. The van der Waals surface area contributed by atoms with E-state index in [0.29, 0.717) is 10.6 Å². The van der Waals surface area contributed by atoms with Gasteiger partial charge in [-0.15, -0.1) is 0 Å². The molecule has 0 fully saturated rings. The summed E-state index contributed by atoms with van der Waals surface area (Å²) >= 11 is 5.99. The normalized spacial score (nSPS) is 18.2. The molecule has 1 aliphatic carbocycles. The molecule has 0 aromatic heterocycles. The summed E-state index contributed by atoms with van der Waals surface area (Å²) < 4.78 is 5.70. The van der Waals surface area contributed by atoms with Gasteiger partial charge in [0.15, 0.2) is 11.5 Å². The lowest BCUT2D eigenvalue weighted by Crippen LogP contribution is -2.37. The lowest BCUT2D eigenvalue weighted by Gasteiger charge is -2.31. The summed E-state index contributed by atoms with van der Waals surface area (Å²) in [5.41, 5.74) is 0.508. The average Bonchev–Trinajstić information content (AvgIpc) is 2.71. The first kappa shape index (κ1) is 19.8.